The zero-order valence-corrected chi connectivity index (χ0v) is 14.0. The predicted octanol–water partition coefficient (Wildman–Crippen LogP) is 1.29. The lowest BCUT2D eigenvalue weighted by Gasteiger charge is -2.23. The molecule has 1 rings (SSSR count). The van der Waals surface area contributed by atoms with Gasteiger partial charge in [-0.1, -0.05) is 0 Å². The molecular formula is C11H23IN6. The van der Waals surface area contributed by atoms with Crippen molar-refractivity contribution in [2.75, 3.05) is 6.54 Å². The summed E-state index contributed by atoms with van der Waals surface area (Å²) in [6.07, 6.45) is 1.68. The summed E-state index contributed by atoms with van der Waals surface area (Å²) in [4.78, 5) is 4.47. The Balaban J connectivity index is 0.00000289. The molecule has 0 aliphatic heterocycles. The van der Waals surface area contributed by atoms with E-state index in [1.807, 2.05) is 18.5 Å². The highest BCUT2D eigenvalue weighted by Gasteiger charge is 2.11. The van der Waals surface area contributed by atoms with Crippen molar-refractivity contribution in [1.29, 1.82) is 0 Å². The van der Waals surface area contributed by atoms with E-state index < -0.39 is 0 Å². The third-order valence-electron chi connectivity index (χ3n) is 2.02. The molecule has 0 fully saturated rings. The second-order valence-electron chi connectivity index (χ2n) is 4.93. The van der Waals surface area contributed by atoms with Gasteiger partial charge in [0.15, 0.2) is 11.8 Å². The zero-order chi connectivity index (χ0) is 12.9. The quantitative estimate of drug-likeness (QED) is 0.481. The molecule has 104 valence electrons. The molecule has 6 nitrogen and oxygen atoms in total. The molecule has 0 aliphatic carbocycles. The van der Waals surface area contributed by atoms with Crippen molar-refractivity contribution in [2.24, 2.45) is 12.0 Å². The fourth-order valence-electron chi connectivity index (χ4n) is 1.26. The molecule has 0 amide bonds. The Bertz CT molecular complexity index is 379. The van der Waals surface area contributed by atoms with Gasteiger partial charge >= 0.3 is 0 Å². The van der Waals surface area contributed by atoms with E-state index in [0.717, 1.165) is 18.3 Å². The van der Waals surface area contributed by atoms with Gasteiger partial charge in [-0.15, -0.1) is 34.2 Å². The van der Waals surface area contributed by atoms with Crippen molar-refractivity contribution in [3.8, 4) is 0 Å². The van der Waals surface area contributed by atoms with E-state index in [9.17, 15) is 0 Å². The van der Waals surface area contributed by atoms with Gasteiger partial charge in [0.05, 0.1) is 0 Å². The number of guanidine groups is 1. The molecule has 0 spiro atoms. The average molecular weight is 366 g/mol. The van der Waals surface area contributed by atoms with E-state index in [0.29, 0.717) is 6.54 Å². The maximum Gasteiger partial charge on any atom is 0.192 e. The first-order chi connectivity index (χ1) is 7.92. The zero-order valence-electron chi connectivity index (χ0n) is 11.7. The fraction of sp³-hybridized carbons (Fsp3) is 0.727. The second-order valence-corrected chi connectivity index (χ2v) is 4.93. The first kappa shape index (κ1) is 17.1. The lowest BCUT2D eigenvalue weighted by molar-refractivity contribution is 0.501. The van der Waals surface area contributed by atoms with Crippen LogP contribution in [-0.2, 0) is 13.6 Å². The van der Waals surface area contributed by atoms with Gasteiger partial charge in [-0.2, -0.15) is 0 Å². The van der Waals surface area contributed by atoms with Crippen molar-refractivity contribution < 1.29 is 0 Å². The van der Waals surface area contributed by atoms with Crippen LogP contribution in [0.25, 0.3) is 0 Å². The number of hydrogen-bond donors (Lipinski definition) is 2. The second kappa shape index (κ2) is 7.55. The van der Waals surface area contributed by atoms with Gasteiger partial charge < -0.3 is 15.2 Å². The molecule has 0 unspecified atom stereocenters. The normalized spacial score (nSPS) is 11.9. The number of nitrogens with one attached hydrogen (secondary N) is 2. The van der Waals surface area contributed by atoms with Crippen LogP contribution in [0.5, 0.6) is 0 Å². The van der Waals surface area contributed by atoms with E-state index >= 15 is 0 Å². The smallest absolute Gasteiger partial charge is 0.192 e. The van der Waals surface area contributed by atoms with Gasteiger partial charge in [0.2, 0.25) is 0 Å². The van der Waals surface area contributed by atoms with Crippen LogP contribution < -0.4 is 10.6 Å². The summed E-state index contributed by atoms with van der Waals surface area (Å²) < 4.78 is 1.87. The van der Waals surface area contributed by atoms with E-state index in [1.54, 1.807) is 6.33 Å². The molecular weight excluding hydrogens is 343 g/mol. The molecule has 2 N–H and O–H groups in total. The van der Waals surface area contributed by atoms with Crippen molar-refractivity contribution in [1.82, 2.24) is 25.4 Å². The number of aliphatic imine (C=N–C) groups is 1. The molecule has 0 aliphatic rings. The standard InChI is InChI=1S/C11H22N6.HI/c1-6-12-10(15-11(2,3)4)13-7-9-16-14-8-17(9)5;/h8H,6-7H2,1-5H3,(H2,12,13,15);1H. The van der Waals surface area contributed by atoms with E-state index in [4.69, 9.17) is 0 Å². The minimum atomic E-state index is -0.0130. The maximum absolute atomic E-state index is 4.47. The van der Waals surface area contributed by atoms with E-state index in [1.165, 1.54) is 0 Å². The third kappa shape index (κ3) is 6.18. The summed E-state index contributed by atoms with van der Waals surface area (Å²) >= 11 is 0. The molecule has 0 bridgehead atoms. The largest absolute Gasteiger partial charge is 0.357 e. The fourth-order valence-corrected chi connectivity index (χ4v) is 1.26. The highest BCUT2D eigenvalue weighted by Crippen LogP contribution is 1.99. The first-order valence-electron chi connectivity index (χ1n) is 5.81. The lowest BCUT2D eigenvalue weighted by Crippen LogP contribution is -2.47. The molecule has 1 aromatic rings. The number of rotatable bonds is 3. The molecule has 1 aromatic heterocycles. The monoisotopic (exact) mass is 366 g/mol. The van der Waals surface area contributed by atoms with Gasteiger partial charge in [0.1, 0.15) is 12.9 Å². The van der Waals surface area contributed by atoms with Crippen LogP contribution in [0.1, 0.15) is 33.5 Å². The highest BCUT2D eigenvalue weighted by molar-refractivity contribution is 14.0. The van der Waals surface area contributed by atoms with Gasteiger partial charge in [0.25, 0.3) is 0 Å². The van der Waals surface area contributed by atoms with Crippen LogP contribution in [-0.4, -0.2) is 32.8 Å². The Hall–Kier alpha value is -0.860. The van der Waals surface area contributed by atoms with Gasteiger partial charge in [-0.3, -0.25) is 0 Å². The summed E-state index contributed by atoms with van der Waals surface area (Å²) in [5.41, 5.74) is -0.0130. The Morgan fingerprint density at radius 1 is 1.44 bits per heavy atom. The number of aromatic nitrogens is 3. The minimum absolute atomic E-state index is 0. The minimum Gasteiger partial charge on any atom is -0.357 e. The van der Waals surface area contributed by atoms with Crippen LogP contribution in [0.4, 0.5) is 0 Å². The van der Waals surface area contributed by atoms with E-state index in [-0.39, 0.29) is 29.5 Å². The first-order valence-corrected chi connectivity index (χ1v) is 5.81. The molecule has 7 heteroatoms. The topological polar surface area (TPSA) is 67.1 Å². The molecule has 0 aromatic carbocycles. The summed E-state index contributed by atoms with van der Waals surface area (Å²) in [6, 6.07) is 0. The number of aryl methyl sites for hydroxylation is 1. The molecule has 0 saturated carbocycles. The maximum atomic E-state index is 4.47. The van der Waals surface area contributed by atoms with Crippen LogP contribution in [0.2, 0.25) is 0 Å². The van der Waals surface area contributed by atoms with Crippen molar-refractivity contribution >= 4 is 29.9 Å². The van der Waals surface area contributed by atoms with Crippen LogP contribution in [0.15, 0.2) is 11.3 Å². The van der Waals surface area contributed by atoms with Crippen molar-refractivity contribution in [2.45, 2.75) is 39.8 Å². The number of halogens is 1. The number of hydrogen-bond acceptors (Lipinski definition) is 3. The van der Waals surface area contributed by atoms with Crippen molar-refractivity contribution in [3.63, 3.8) is 0 Å². The number of nitrogens with zero attached hydrogens (tertiary/aromatic N) is 4. The van der Waals surface area contributed by atoms with Crippen LogP contribution >= 0.6 is 24.0 Å². The van der Waals surface area contributed by atoms with E-state index in [2.05, 4.69) is 46.6 Å². The highest BCUT2D eigenvalue weighted by atomic mass is 127. The SMILES string of the molecule is CCNC(=NCc1nncn1C)NC(C)(C)C.I. The lowest BCUT2D eigenvalue weighted by atomic mass is 10.1. The van der Waals surface area contributed by atoms with Gasteiger partial charge in [-0.05, 0) is 27.7 Å². The predicted molar refractivity (Wildman–Crippen MR) is 84.1 cm³/mol. The van der Waals surface area contributed by atoms with Gasteiger partial charge in [-0.25, -0.2) is 4.99 Å². The molecule has 0 saturated heterocycles. The molecule has 1 heterocycles. The van der Waals surface area contributed by atoms with Gasteiger partial charge in [0, 0.05) is 19.1 Å². The summed E-state index contributed by atoms with van der Waals surface area (Å²) in [6.45, 7) is 9.69. The van der Waals surface area contributed by atoms with Crippen molar-refractivity contribution in [3.05, 3.63) is 12.2 Å². The summed E-state index contributed by atoms with van der Waals surface area (Å²) in [5.74, 6) is 1.64. The molecule has 18 heavy (non-hydrogen) atoms. The summed E-state index contributed by atoms with van der Waals surface area (Å²) in [7, 11) is 1.91. The molecule has 0 atom stereocenters. The average Bonchev–Trinajstić information content (AvgIpc) is 2.59. The molecule has 0 radical (unpaired) electrons. The van der Waals surface area contributed by atoms with Crippen LogP contribution in [0.3, 0.4) is 0 Å². The Morgan fingerprint density at radius 2 is 2.11 bits per heavy atom. The Labute approximate surface area is 126 Å². The Morgan fingerprint density at radius 3 is 2.56 bits per heavy atom. The summed E-state index contributed by atoms with van der Waals surface area (Å²) in [5, 5.41) is 14.3. The Kier molecular flexibility index (Phi) is 7.19. The van der Waals surface area contributed by atoms with Crippen LogP contribution in [0, 0.1) is 0 Å². The third-order valence-corrected chi connectivity index (χ3v) is 2.02.